The highest BCUT2D eigenvalue weighted by atomic mass is 35.5. The van der Waals surface area contributed by atoms with E-state index in [1.165, 1.54) is 12.1 Å². The van der Waals surface area contributed by atoms with Crippen LogP contribution >= 0.6 is 11.6 Å². The van der Waals surface area contributed by atoms with E-state index in [0.717, 1.165) is 29.3 Å². The highest BCUT2D eigenvalue weighted by molar-refractivity contribution is 6.31. The Morgan fingerprint density at radius 3 is 2.61 bits per heavy atom. The summed E-state index contributed by atoms with van der Waals surface area (Å²) >= 11 is 6.09. The fourth-order valence-corrected chi connectivity index (χ4v) is 3.19. The van der Waals surface area contributed by atoms with Crippen LogP contribution in [-0.4, -0.2) is 10.9 Å². The number of nitrogens with one attached hydrogen (secondary N) is 2. The number of carbonyl (C=O) groups excluding carboxylic acids is 1. The minimum atomic E-state index is -0.530. The first-order valence-corrected chi connectivity index (χ1v) is 7.80. The number of benzene rings is 2. The molecule has 0 radical (unpaired) electrons. The number of H-pyrrole nitrogens is 1. The van der Waals surface area contributed by atoms with Crippen molar-refractivity contribution in [1.82, 2.24) is 4.98 Å². The lowest BCUT2D eigenvalue weighted by Crippen LogP contribution is -2.27. The van der Waals surface area contributed by atoms with Crippen LogP contribution in [0.15, 0.2) is 48.7 Å². The van der Waals surface area contributed by atoms with Crippen molar-refractivity contribution in [1.29, 1.82) is 0 Å². The molecule has 1 fully saturated rings. The zero-order chi connectivity index (χ0) is 16.0. The maximum absolute atomic E-state index is 13.0. The molecule has 1 aliphatic carbocycles. The summed E-state index contributed by atoms with van der Waals surface area (Å²) in [4.78, 5) is 16.0. The predicted octanol–water partition coefficient (Wildman–Crippen LogP) is 4.63. The molecule has 0 saturated heterocycles. The van der Waals surface area contributed by atoms with E-state index in [1.54, 1.807) is 12.1 Å². The minimum absolute atomic E-state index is 0.0648. The standard InChI is InChI=1S/C18H14ClFN2O/c19-11-1-6-16-14(9-11)15(10-21-16)18(7-8-18)17(23)22-13-4-2-12(20)3-5-13/h1-6,9-10,21H,7-8H2,(H,22,23). The number of carbonyl (C=O) groups is 1. The molecule has 3 nitrogen and oxygen atoms in total. The third-order valence-corrected chi connectivity index (χ3v) is 4.68. The van der Waals surface area contributed by atoms with Gasteiger partial charge in [0.25, 0.3) is 0 Å². The Labute approximate surface area is 137 Å². The number of aromatic amines is 1. The summed E-state index contributed by atoms with van der Waals surface area (Å²) in [5, 5.41) is 4.51. The van der Waals surface area contributed by atoms with E-state index in [1.807, 2.05) is 24.4 Å². The van der Waals surface area contributed by atoms with Crippen molar-refractivity contribution in [2.75, 3.05) is 5.32 Å². The lowest BCUT2D eigenvalue weighted by atomic mass is 9.94. The van der Waals surface area contributed by atoms with Crippen LogP contribution in [0.25, 0.3) is 10.9 Å². The van der Waals surface area contributed by atoms with Crippen LogP contribution in [0.5, 0.6) is 0 Å². The Balaban J connectivity index is 1.68. The molecular formula is C18H14ClFN2O. The van der Waals surface area contributed by atoms with Gasteiger partial charge in [-0.15, -0.1) is 0 Å². The largest absolute Gasteiger partial charge is 0.361 e. The molecule has 1 amide bonds. The fraction of sp³-hybridized carbons (Fsp3) is 0.167. The molecule has 1 aromatic heterocycles. The lowest BCUT2D eigenvalue weighted by Gasteiger charge is -2.15. The molecule has 0 aliphatic heterocycles. The highest BCUT2D eigenvalue weighted by Gasteiger charge is 2.52. The summed E-state index contributed by atoms with van der Waals surface area (Å²) in [6, 6.07) is 11.4. The number of aromatic nitrogens is 1. The van der Waals surface area contributed by atoms with Crippen LogP contribution in [0.4, 0.5) is 10.1 Å². The average Bonchev–Trinajstić information content (AvgIpc) is 3.24. The smallest absolute Gasteiger partial charge is 0.235 e. The van der Waals surface area contributed by atoms with Crippen LogP contribution in [0.1, 0.15) is 18.4 Å². The van der Waals surface area contributed by atoms with E-state index in [0.29, 0.717) is 10.7 Å². The van der Waals surface area contributed by atoms with Crippen molar-refractivity contribution < 1.29 is 9.18 Å². The van der Waals surface area contributed by atoms with Gasteiger partial charge in [0.2, 0.25) is 5.91 Å². The maximum Gasteiger partial charge on any atom is 0.235 e. The predicted molar refractivity (Wildman–Crippen MR) is 89.3 cm³/mol. The third kappa shape index (κ3) is 2.39. The van der Waals surface area contributed by atoms with Gasteiger partial charge in [0.05, 0.1) is 5.41 Å². The number of halogens is 2. The number of fused-ring (bicyclic) bond motifs is 1. The van der Waals surface area contributed by atoms with Gasteiger partial charge in [0, 0.05) is 27.8 Å². The SMILES string of the molecule is O=C(Nc1ccc(F)cc1)C1(c2c[nH]c3ccc(Cl)cc23)CC1. The molecule has 2 aromatic carbocycles. The third-order valence-electron chi connectivity index (χ3n) is 4.45. The number of hydrogen-bond donors (Lipinski definition) is 2. The fourth-order valence-electron chi connectivity index (χ4n) is 3.02. The van der Waals surface area contributed by atoms with E-state index in [2.05, 4.69) is 10.3 Å². The summed E-state index contributed by atoms with van der Waals surface area (Å²) in [5.74, 6) is -0.389. The van der Waals surface area contributed by atoms with Gasteiger partial charge < -0.3 is 10.3 Å². The molecule has 1 saturated carbocycles. The normalized spacial score (nSPS) is 15.6. The first-order valence-electron chi connectivity index (χ1n) is 7.43. The topological polar surface area (TPSA) is 44.9 Å². The Morgan fingerprint density at radius 1 is 1.17 bits per heavy atom. The zero-order valence-corrected chi connectivity index (χ0v) is 13.0. The number of rotatable bonds is 3. The summed E-state index contributed by atoms with van der Waals surface area (Å²) in [6.07, 6.45) is 3.47. The van der Waals surface area contributed by atoms with Crippen LogP contribution in [0, 0.1) is 5.82 Å². The van der Waals surface area contributed by atoms with E-state index in [-0.39, 0.29) is 11.7 Å². The van der Waals surface area contributed by atoms with Gasteiger partial charge >= 0.3 is 0 Å². The molecule has 0 spiro atoms. The molecule has 5 heteroatoms. The Morgan fingerprint density at radius 2 is 1.91 bits per heavy atom. The second-order valence-electron chi connectivity index (χ2n) is 5.94. The van der Waals surface area contributed by atoms with Crippen molar-refractivity contribution in [3.05, 3.63) is 65.1 Å². The van der Waals surface area contributed by atoms with Crippen molar-refractivity contribution in [3.8, 4) is 0 Å². The van der Waals surface area contributed by atoms with Gasteiger partial charge in [-0.1, -0.05) is 11.6 Å². The second kappa shape index (κ2) is 5.10. The summed E-state index contributed by atoms with van der Waals surface area (Å²) < 4.78 is 13.0. The van der Waals surface area contributed by atoms with E-state index < -0.39 is 5.41 Å². The van der Waals surface area contributed by atoms with Gasteiger partial charge in [-0.3, -0.25) is 4.79 Å². The van der Waals surface area contributed by atoms with Crippen LogP contribution in [0.3, 0.4) is 0 Å². The molecule has 0 unspecified atom stereocenters. The Hall–Kier alpha value is -2.33. The summed E-state index contributed by atoms with van der Waals surface area (Å²) in [5.41, 5.74) is 2.00. The molecule has 1 aliphatic rings. The van der Waals surface area contributed by atoms with Gasteiger partial charge in [-0.2, -0.15) is 0 Å². The molecule has 4 rings (SSSR count). The number of amides is 1. The molecule has 3 aromatic rings. The first-order chi connectivity index (χ1) is 11.1. The van der Waals surface area contributed by atoms with Gasteiger partial charge in [0.15, 0.2) is 0 Å². The molecule has 0 atom stereocenters. The molecule has 23 heavy (non-hydrogen) atoms. The molecule has 0 bridgehead atoms. The minimum Gasteiger partial charge on any atom is -0.361 e. The molecule has 116 valence electrons. The van der Waals surface area contributed by atoms with Gasteiger partial charge in [-0.05, 0) is 60.9 Å². The van der Waals surface area contributed by atoms with Gasteiger partial charge in [0.1, 0.15) is 5.82 Å². The number of hydrogen-bond acceptors (Lipinski definition) is 1. The van der Waals surface area contributed by atoms with E-state index in [4.69, 9.17) is 11.6 Å². The van der Waals surface area contributed by atoms with E-state index in [9.17, 15) is 9.18 Å². The van der Waals surface area contributed by atoms with E-state index >= 15 is 0 Å². The average molecular weight is 329 g/mol. The zero-order valence-electron chi connectivity index (χ0n) is 12.2. The van der Waals surface area contributed by atoms with Crippen LogP contribution in [0.2, 0.25) is 5.02 Å². The van der Waals surface area contributed by atoms with Crippen molar-refractivity contribution >= 4 is 34.1 Å². The first kappa shape index (κ1) is 14.3. The second-order valence-corrected chi connectivity index (χ2v) is 6.37. The molecule has 1 heterocycles. The molecular weight excluding hydrogens is 315 g/mol. The molecule has 2 N–H and O–H groups in total. The van der Waals surface area contributed by atoms with Crippen molar-refractivity contribution in [3.63, 3.8) is 0 Å². The highest BCUT2D eigenvalue weighted by Crippen LogP contribution is 2.51. The van der Waals surface area contributed by atoms with Crippen LogP contribution in [-0.2, 0) is 10.2 Å². The maximum atomic E-state index is 13.0. The van der Waals surface area contributed by atoms with Crippen molar-refractivity contribution in [2.24, 2.45) is 0 Å². The lowest BCUT2D eigenvalue weighted by molar-refractivity contribution is -0.118. The number of anilines is 1. The Kier molecular flexibility index (Phi) is 3.16. The summed E-state index contributed by atoms with van der Waals surface area (Å²) in [7, 11) is 0. The quantitative estimate of drug-likeness (QED) is 0.723. The monoisotopic (exact) mass is 328 g/mol. The van der Waals surface area contributed by atoms with Crippen molar-refractivity contribution in [2.45, 2.75) is 18.3 Å². The Bertz CT molecular complexity index is 897. The summed E-state index contributed by atoms with van der Waals surface area (Å²) in [6.45, 7) is 0. The van der Waals surface area contributed by atoms with Gasteiger partial charge in [-0.25, -0.2) is 4.39 Å². The van der Waals surface area contributed by atoms with Crippen LogP contribution < -0.4 is 5.32 Å².